The molecule has 0 saturated heterocycles. The van der Waals surface area contributed by atoms with Crippen LogP contribution in [0.15, 0.2) is 30.4 Å². The van der Waals surface area contributed by atoms with Gasteiger partial charge in [-0.3, -0.25) is 0 Å². The maximum atomic E-state index is 11.3. The molecular formula is C17H22O4. The lowest BCUT2D eigenvalue weighted by molar-refractivity contribution is 0.0695. The van der Waals surface area contributed by atoms with Crippen molar-refractivity contribution in [3.8, 4) is 0 Å². The van der Waals surface area contributed by atoms with Gasteiger partial charge in [0.15, 0.2) is 0 Å². The van der Waals surface area contributed by atoms with Crippen molar-refractivity contribution in [1.82, 2.24) is 0 Å². The molecule has 0 fully saturated rings. The lowest BCUT2D eigenvalue weighted by Gasteiger charge is -2.12. The second kappa shape index (κ2) is 8.25. The van der Waals surface area contributed by atoms with Crippen molar-refractivity contribution in [1.29, 1.82) is 0 Å². The van der Waals surface area contributed by atoms with E-state index in [0.29, 0.717) is 17.9 Å². The zero-order valence-corrected chi connectivity index (χ0v) is 12.5. The Balaban J connectivity index is 2.89. The van der Waals surface area contributed by atoms with Crippen LogP contribution in [0.4, 0.5) is 0 Å². The summed E-state index contributed by atoms with van der Waals surface area (Å²) in [7, 11) is 0. The molecule has 0 aromatic heterocycles. The van der Waals surface area contributed by atoms with E-state index < -0.39 is 11.9 Å². The SMILES string of the molecule is CCC=CC(CC)CCc1ccc(C(=O)O)cc1C(=O)O. The van der Waals surface area contributed by atoms with Gasteiger partial charge in [-0.25, -0.2) is 9.59 Å². The molecule has 0 spiro atoms. The Bertz CT molecular complexity index is 532. The Kier molecular flexibility index (Phi) is 6.66. The molecule has 0 aliphatic carbocycles. The van der Waals surface area contributed by atoms with Crippen LogP contribution in [-0.2, 0) is 6.42 Å². The van der Waals surface area contributed by atoms with Crippen LogP contribution >= 0.6 is 0 Å². The molecule has 0 aliphatic rings. The Hall–Kier alpha value is -2.10. The number of carboxylic acid groups (broad SMARTS) is 2. The molecule has 0 aliphatic heterocycles. The van der Waals surface area contributed by atoms with Gasteiger partial charge in [0.2, 0.25) is 0 Å². The van der Waals surface area contributed by atoms with Gasteiger partial charge in [0.05, 0.1) is 11.1 Å². The molecule has 1 atom stereocenters. The van der Waals surface area contributed by atoms with E-state index in [2.05, 4.69) is 26.0 Å². The molecule has 114 valence electrons. The van der Waals surface area contributed by atoms with Gasteiger partial charge in [-0.1, -0.05) is 32.1 Å². The summed E-state index contributed by atoms with van der Waals surface area (Å²) in [5.74, 6) is -1.77. The number of hydrogen-bond acceptors (Lipinski definition) is 2. The summed E-state index contributed by atoms with van der Waals surface area (Å²) in [5, 5.41) is 18.2. The number of carboxylic acids is 2. The lowest BCUT2D eigenvalue weighted by Crippen LogP contribution is -2.08. The minimum atomic E-state index is -1.11. The molecule has 0 amide bonds. The fraction of sp³-hybridized carbons (Fsp3) is 0.412. The van der Waals surface area contributed by atoms with Crippen molar-refractivity contribution in [3.63, 3.8) is 0 Å². The number of aromatic carboxylic acids is 2. The zero-order valence-electron chi connectivity index (χ0n) is 12.5. The summed E-state index contributed by atoms with van der Waals surface area (Å²) >= 11 is 0. The normalized spacial score (nSPS) is 12.5. The molecule has 0 heterocycles. The van der Waals surface area contributed by atoms with Crippen LogP contribution in [-0.4, -0.2) is 22.2 Å². The van der Waals surface area contributed by atoms with Crippen LogP contribution in [0.5, 0.6) is 0 Å². The van der Waals surface area contributed by atoms with Crippen molar-refractivity contribution in [2.24, 2.45) is 5.92 Å². The lowest BCUT2D eigenvalue weighted by atomic mass is 9.93. The minimum absolute atomic E-state index is 0.00840. The smallest absolute Gasteiger partial charge is 0.335 e. The van der Waals surface area contributed by atoms with E-state index in [1.165, 1.54) is 12.1 Å². The van der Waals surface area contributed by atoms with Crippen molar-refractivity contribution in [3.05, 3.63) is 47.0 Å². The number of hydrogen-bond donors (Lipinski definition) is 2. The van der Waals surface area contributed by atoms with Crippen LogP contribution < -0.4 is 0 Å². The second-order valence-electron chi connectivity index (χ2n) is 5.03. The van der Waals surface area contributed by atoms with Gasteiger partial charge in [-0.15, -0.1) is 0 Å². The van der Waals surface area contributed by atoms with E-state index in [4.69, 9.17) is 5.11 Å². The van der Waals surface area contributed by atoms with Crippen molar-refractivity contribution in [2.45, 2.75) is 39.5 Å². The third kappa shape index (κ3) is 5.06. The molecule has 1 aromatic carbocycles. The summed E-state index contributed by atoms with van der Waals surface area (Å²) < 4.78 is 0. The quantitative estimate of drug-likeness (QED) is 0.709. The van der Waals surface area contributed by atoms with Crippen molar-refractivity contribution >= 4 is 11.9 Å². The highest BCUT2D eigenvalue weighted by Crippen LogP contribution is 2.19. The maximum absolute atomic E-state index is 11.3. The maximum Gasteiger partial charge on any atom is 0.335 e. The number of aryl methyl sites for hydroxylation is 1. The van der Waals surface area contributed by atoms with Gasteiger partial charge in [-0.2, -0.15) is 0 Å². The predicted octanol–water partition coefficient (Wildman–Crippen LogP) is 4.01. The largest absolute Gasteiger partial charge is 0.478 e. The highest BCUT2D eigenvalue weighted by Gasteiger charge is 2.14. The fourth-order valence-corrected chi connectivity index (χ4v) is 2.23. The van der Waals surface area contributed by atoms with Gasteiger partial charge >= 0.3 is 11.9 Å². The molecule has 1 rings (SSSR count). The van der Waals surface area contributed by atoms with Gasteiger partial charge in [0.25, 0.3) is 0 Å². The summed E-state index contributed by atoms with van der Waals surface area (Å²) in [4.78, 5) is 22.2. The predicted molar refractivity (Wildman–Crippen MR) is 81.9 cm³/mol. The number of carbonyl (C=O) groups is 2. The Morgan fingerprint density at radius 2 is 1.90 bits per heavy atom. The van der Waals surface area contributed by atoms with Gasteiger partial charge < -0.3 is 10.2 Å². The van der Waals surface area contributed by atoms with E-state index in [1.54, 1.807) is 6.07 Å². The van der Waals surface area contributed by atoms with Crippen molar-refractivity contribution in [2.75, 3.05) is 0 Å². The monoisotopic (exact) mass is 290 g/mol. The Labute approximate surface area is 125 Å². The van der Waals surface area contributed by atoms with Crippen LogP contribution in [0.3, 0.4) is 0 Å². The fourth-order valence-electron chi connectivity index (χ4n) is 2.23. The van der Waals surface area contributed by atoms with Gasteiger partial charge in [0.1, 0.15) is 0 Å². The molecule has 1 unspecified atom stereocenters. The van der Waals surface area contributed by atoms with E-state index in [-0.39, 0.29) is 11.1 Å². The third-order valence-corrected chi connectivity index (χ3v) is 3.54. The molecule has 2 N–H and O–H groups in total. The first-order valence-electron chi connectivity index (χ1n) is 7.25. The van der Waals surface area contributed by atoms with Gasteiger partial charge in [0, 0.05) is 0 Å². The van der Waals surface area contributed by atoms with Crippen LogP contribution in [0.1, 0.15) is 59.4 Å². The van der Waals surface area contributed by atoms with E-state index in [1.807, 2.05) is 0 Å². The summed E-state index contributed by atoms with van der Waals surface area (Å²) in [6, 6.07) is 4.32. The number of rotatable bonds is 8. The van der Waals surface area contributed by atoms with Crippen molar-refractivity contribution < 1.29 is 19.8 Å². The summed E-state index contributed by atoms with van der Waals surface area (Å²) in [5.41, 5.74) is 0.786. The third-order valence-electron chi connectivity index (χ3n) is 3.54. The molecule has 0 radical (unpaired) electrons. The Morgan fingerprint density at radius 3 is 2.43 bits per heavy atom. The minimum Gasteiger partial charge on any atom is -0.478 e. The molecule has 21 heavy (non-hydrogen) atoms. The molecular weight excluding hydrogens is 268 g/mol. The average Bonchev–Trinajstić information content (AvgIpc) is 2.47. The number of allylic oxidation sites excluding steroid dienone is 2. The summed E-state index contributed by atoms with van der Waals surface area (Å²) in [6.45, 7) is 4.19. The number of benzene rings is 1. The Morgan fingerprint density at radius 1 is 1.19 bits per heavy atom. The topological polar surface area (TPSA) is 74.6 Å². The first-order chi connectivity index (χ1) is 9.99. The standard InChI is InChI=1S/C17H22O4/c1-3-5-6-12(4-2)7-8-13-9-10-14(16(18)19)11-15(13)17(20)21/h5-6,9-12H,3-4,7-8H2,1-2H3,(H,18,19)(H,20,21). The van der Waals surface area contributed by atoms with E-state index >= 15 is 0 Å². The molecule has 4 heteroatoms. The molecule has 1 aromatic rings. The highest BCUT2D eigenvalue weighted by atomic mass is 16.4. The second-order valence-corrected chi connectivity index (χ2v) is 5.03. The highest BCUT2D eigenvalue weighted by molar-refractivity contribution is 5.94. The van der Waals surface area contributed by atoms with E-state index in [9.17, 15) is 14.7 Å². The molecule has 0 saturated carbocycles. The van der Waals surface area contributed by atoms with Gasteiger partial charge in [-0.05, 0) is 49.3 Å². The first kappa shape index (κ1) is 17.0. The molecule has 0 bridgehead atoms. The molecule has 4 nitrogen and oxygen atoms in total. The summed E-state index contributed by atoms with van der Waals surface area (Å²) in [6.07, 6.45) is 7.79. The van der Waals surface area contributed by atoms with Crippen LogP contribution in [0.2, 0.25) is 0 Å². The average molecular weight is 290 g/mol. The zero-order chi connectivity index (χ0) is 15.8. The van der Waals surface area contributed by atoms with E-state index in [0.717, 1.165) is 19.3 Å². The van der Waals surface area contributed by atoms with Crippen LogP contribution in [0, 0.1) is 5.92 Å². The van der Waals surface area contributed by atoms with Crippen LogP contribution in [0.25, 0.3) is 0 Å². The first-order valence-corrected chi connectivity index (χ1v) is 7.25.